The van der Waals surface area contributed by atoms with E-state index < -0.39 is 24.0 Å². The lowest BCUT2D eigenvalue weighted by atomic mass is 10.0. The van der Waals surface area contributed by atoms with Gasteiger partial charge in [0.15, 0.2) is 0 Å². The lowest BCUT2D eigenvalue weighted by Gasteiger charge is -2.25. The Kier molecular flexibility index (Phi) is 8.30. The second kappa shape index (κ2) is 12.1. The molecule has 12 heteroatoms. The molecule has 0 saturated heterocycles. The Morgan fingerprint density at radius 1 is 1.07 bits per heavy atom. The van der Waals surface area contributed by atoms with Gasteiger partial charge in [0, 0.05) is 54.2 Å². The highest BCUT2D eigenvalue weighted by Crippen LogP contribution is 2.42. The largest absolute Gasteiger partial charge is 0.506 e. The highest BCUT2D eigenvalue weighted by Gasteiger charge is 2.30. The van der Waals surface area contributed by atoms with Crippen LogP contribution in [0.4, 0.5) is 18.0 Å². The number of nitrogens with one attached hydrogen (secondary N) is 1. The van der Waals surface area contributed by atoms with Gasteiger partial charge in [-0.2, -0.15) is 13.2 Å². The van der Waals surface area contributed by atoms with E-state index in [0.29, 0.717) is 53.4 Å². The molecule has 1 atom stereocenters. The molecule has 0 bridgehead atoms. The molecule has 1 unspecified atom stereocenters. The van der Waals surface area contributed by atoms with Crippen molar-refractivity contribution in [3.05, 3.63) is 106 Å². The molecule has 4 aromatic rings. The summed E-state index contributed by atoms with van der Waals surface area (Å²) in [5, 5.41) is 12.0. The molecule has 0 aliphatic carbocycles. The van der Waals surface area contributed by atoms with E-state index in [0.717, 1.165) is 17.8 Å². The molecule has 0 radical (unpaired) electrons. The van der Waals surface area contributed by atoms with Crippen molar-refractivity contribution >= 4 is 23.7 Å². The van der Waals surface area contributed by atoms with E-state index in [9.17, 15) is 22.8 Å². The van der Waals surface area contributed by atoms with Gasteiger partial charge in [-0.05, 0) is 66.7 Å². The number of nitrogens with zero attached hydrogens (tertiary/aromatic N) is 1. The molecule has 0 saturated carbocycles. The number of hydrogen-bond donors (Lipinski definition) is 2. The first-order valence-electron chi connectivity index (χ1n) is 12.8. The van der Waals surface area contributed by atoms with Crippen LogP contribution in [0.3, 0.4) is 0 Å². The minimum absolute atomic E-state index is 0.237. The number of halogens is 4. The monoisotopic (exact) mass is 600 g/mol. The van der Waals surface area contributed by atoms with E-state index in [-0.39, 0.29) is 17.5 Å². The molecule has 5 rings (SSSR count). The number of fused-ring (bicyclic) bond motifs is 1. The maximum absolute atomic E-state index is 12.9. The average Bonchev–Trinajstić information content (AvgIpc) is 3.42. The molecule has 0 spiro atoms. The van der Waals surface area contributed by atoms with Crippen LogP contribution in [-0.2, 0) is 17.3 Å². The van der Waals surface area contributed by atoms with Crippen LogP contribution >= 0.6 is 11.6 Å². The highest BCUT2D eigenvalue weighted by molar-refractivity contribution is 6.32. The summed E-state index contributed by atoms with van der Waals surface area (Å²) in [7, 11) is 0. The van der Waals surface area contributed by atoms with Crippen molar-refractivity contribution < 1.29 is 42.1 Å². The molecule has 3 aromatic carbocycles. The van der Waals surface area contributed by atoms with Gasteiger partial charge in [0.05, 0.1) is 17.2 Å². The van der Waals surface area contributed by atoms with Crippen LogP contribution in [0.15, 0.2) is 79.0 Å². The van der Waals surface area contributed by atoms with Gasteiger partial charge < -0.3 is 29.2 Å². The van der Waals surface area contributed by atoms with Gasteiger partial charge in [-0.3, -0.25) is 4.79 Å². The number of benzene rings is 3. The summed E-state index contributed by atoms with van der Waals surface area (Å²) in [5.74, 6) is 0.808. The highest BCUT2D eigenvalue weighted by atomic mass is 35.5. The third-order valence-corrected chi connectivity index (χ3v) is 6.90. The Labute approximate surface area is 243 Å². The molecule has 218 valence electrons. The van der Waals surface area contributed by atoms with Crippen molar-refractivity contribution in [2.45, 2.75) is 25.1 Å². The Morgan fingerprint density at radius 2 is 1.81 bits per heavy atom. The number of carboxylic acid groups (broad SMARTS) is 1. The summed E-state index contributed by atoms with van der Waals surface area (Å²) in [6.45, 7) is 0.579. The number of amides is 1. The quantitative estimate of drug-likeness (QED) is 0.204. The summed E-state index contributed by atoms with van der Waals surface area (Å²) in [4.78, 5) is 23.7. The second-order valence-electron chi connectivity index (χ2n) is 9.38. The molecule has 1 aromatic heterocycles. The molecule has 42 heavy (non-hydrogen) atoms. The predicted octanol–water partition coefficient (Wildman–Crippen LogP) is 7.43. The molecule has 1 amide bonds. The fourth-order valence-electron chi connectivity index (χ4n) is 4.57. The van der Waals surface area contributed by atoms with Crippen molar-refractivity contribution in [3.8, 4) is 22.9 Å². The van der Waals surface area contributed by atoms with Crippen LogP contribution in [0.2, 0.25) is 5.02 Å². The third kappa shape index (κ3) is 6.63. The van der Waals surface area contributed by atoms with E-state index in [1.807, 2.05) is 6.07 Å². The van der Waals surface area contributed by atoms with E-state index in [4.69, 9.17) is 30.9 Å². The summed E-state index contributed by atoms with van der Waals surface area (Å²) in [6.07, 6.45) is -3.91. The molecule has 1 aliphatic rings. The van der Waals surface area contributed by atoms with Crippen molar-refractivity contribution in [1.82, 2.24) is 9.88 Å². The number of rotatable bonds is 8. The van der Waals surface area contributed by atoms with E-state index in [2.05, 4.69) is 5.32 Å². The van der Waals surface area contributed by atoms with Crippen LogP contribution in [0.25, 0.3) is 5.69 Å². The zero-order chi connectivity index (χ0) is 29.9. The number of aromatic nitrogens is 1. The smallest absolute Gasteiger partial charge is 0.493 e. The van der Waals surface area contributed by atoms with Gasteiger partial charge in [-0.15, -0.1) is 0 Å². The lowest BCUT2D eigenvalue weighted by molar-refractivity contribution is -0.137. The van der Waals surface area contributed by atoms with Crippen LogP contribution in [0.1, 0.15) is 39.7 Å². The molecular formula is C30H24ClF3N2O6. The summed E-state index contributed by atoms with van der Waals surface area (Å²) in [6, 6.07) is 18.0. The molecule has 2 N–H and O–H groups in total. The van der Waals surface area contributed by atoms with E-state index >= 15 is 0 Å². The summed E-state index contributed by atoms with van der Waals surface area (Å²) < 4.78 is 56.8. The van der Waals surface area contributed by atoms with Crippen molar-refractivity contribution in [1.29, 1.82) is 0 Å². The lowest BCUT2D eigenvalue weighted by Crippen LogP contribution is -2.26. The summed E-state index contributed by atoms with van der Waals surface area (Å²) >= 11 is 6.37. The van der Waals surface area contributed by atoms with Gasteiger partial charge in [-0.1, -0.05) is 11.6 Å². The number of carbonyl (C=O) groups is 2. The van der Waals surface area contributed by atoms with Gasteiger partial charge in [0.2, 0.25) is 0 Å². The van der Waals surface area contributed by atoms with Crippen LogP contribution in [-0.4, -0.2) is 34.9 Å². The van der Waals surface area contributed by atoms with E-state index in [1.165, 1.54) is 12.1 Å². The Hall–Kier alpha value is -4.64. The normalized spacial score (nSPS) is 14.4. The van der Waals surface area contributed by atoms with Crippen molar-refractivity contribution in [3.63, 3.8) is 0 Å². The maximum atomic E-state index is 12.9. The van der Waals surface area contributed by atoms with Crippen molar-refractivity contribution in [2.24, 2.45) is 0 Å². The number of carbonyl (C=O) groups excluding carboxylic acids is 1. The Morgan fingerprint density at radius 3 is 2.50 bits per heavy atom. The van der Waals surface area contributed by atoms with Gasteiger partial charge >= 0.3 is 12.3 Å². The number of ether oxygens (including phenoxy) is 3. The summed E-state index contributed by atoms with van der Waals surface area (Å²) in [5.41, 5.74) is 1.60. The van der Waals surface area contributed by atoms with Crippen LogP contribution in [0.5, 0.6) is 17.2 Å². The Balaban J connectivity index is 1.17. The molecular weight excluding hydrogens is 577 g/mol. The molecule has 2 heterocycles. The zero-order valence-electron chi connectivity index (χ0n) is 21.9. The Bertz CT molecular complexity index is 1590. The number of alkyl halides is 3. The first-order chi connectivity index (χ1) is 20.1. The average molecular weight is 601 g/mol. The third-order valence-electron chi connectivity index (χ3n) is 6.61. The second-order valence-corrected chi connectivity index (χ2v) is 9.78. The van der Waals surface area contributed by atoms with E-state index in [1.54, 1.807) is 53.2 Å². The molecule has 8 nitrogen and oxygen atoms in total. The minimum atomic E-state index is -4.40. The predicted molar refractivity (Wildman–Crippen MR) is 147 cm³/mol. The van der Waals surface area contributed by atoms with Crippen LogP contribution in [0, 0.1) is 0 Å². The van der Waals surface area contributed by atoms with Gasteiger partial charge in [-0.25, -0.2) is 4.79 Å². The molecule has 1 aliphatic heterocycles. The van der Waals surface area contributed by atoms with Crippen molar-refractivity contribution in [2.75, 3.05) is 13.2 Å². The topological polar surface area (TPSA) is 99.0 Å². The van der Waals surface area contributed by atoms with Crippen LogP contribution < -0.4 is 14.8 Å². The fourth-order valence-corrected chi connectivity index (χ4v) is 4.78. The van der Waals surface area contributed by atoms with Gasteiger partial charge in [0.1, 0.15) is 23.4 Å². The fraction of sp³-hybridized carbons (Fsp3) is 0.200. The first kappa shape index (κ1) is 28.9. The molecule has 0 fully saturated rings. The SMILES string of the molecule is O=C(O)OC1CCOc2cc(Oc3ccc(C(=O)NCCc4cccn4-c4ccc(C(F)(F)F)cc4)cc3)c(Cl)cc21. The standard InChI is InChI=1S/C30H24ClF3N2O6/c31-24-16-23-25(42-29(38)39)12-15-40-26(23)17-27(24)41-22-9-3-18(4-10-22)28(37)35-13-11-20-2-1-14-36(20)21-7-5-19(6-8-21)30(32,33)34/h1-10,14,16-17,25H,11-13,15H2,(H,35,37)(H,38,39). The number of hydrogen-bond acceptors (Lipinski definition) is 5. The minimum Gasteiger partial charge on any atom is -0.493 e. The van der Waals surface area contributed by atoms with Gasteiger partial charge in [0.25, 0.3) is 5.91 Å². The zero-order valence-corrected chi connectivity index (χ0v) is 22.6. The maximum Gasteiger partial charge on any atom is 0.506 e. The first-order valence-corrected chi connectivity index (χ1v) is 13.2.